The molecule has 1 aliphatic rings. The van der Waals surface area contributed by atoms with Crippen LogP contribution in [0.15, 0.2) is 11.0 Å². The van der Waals surface area contributed by atoms with E-state index in [1.54, 1.807) is 19.9 Å². The molecule has 1 aliphatic heterocycles. The Morgan fingerprint density at radius 2 is 2.00 bits per heavy atom. The monoisotopic (exact) mass is 336 g/mol. The number of nitrogens with one attached hydrogen (secondary N) is 1. The molecule has 1 fully saturated rings. The second kappa shape index (κ2) is 5.81. The van der Waals surface area contributed by atoms with Crippen LogP contribution >= 0.6 is 23.2 Å². The number of likely N-dealkylation sites (N-methyl/N-ethyl adjacent to an activating group) is 1. The Hall–Kier alpha value is -0.330. The van der Waals surface area contributed by atoms with Gasteiger partial charge in [-0.3, -0.25) is 0 Å². The maximum Gasteiger partial charge on any atom is 0.244 e. The summed E-state index contributed by atoms with van der Waals surface area (Å²) in [5.74, 6) is 0. The van der Waals surface area contributed by atoms with E-state index in [-0.39, 0.29) is 16.0 Å². The lowest BCUT2D eigenvalue weighted by atomic mass is 10.2. The molecule has 0 spiro atoms. The SMILES string of the molecule is CNC1CCN(S(=O)(=O)c2c(C)c(Cl)cc(C)c2Cl)C1. The van der Waals surface area contributed by atoms with Crippen molar-refractivity contribution in [2.75, 3.05) is 20.1 Å². The van der Waals surface area contributed by atoms with Gasteiger partial charge in [-0.2, -0.15) is 4.31 Å². The maximum absolute atomic E-state index is 12.8. The van der Waals surface area contributed by atoms with Crippen LogP contribution in [-0.2, 0) is 10.0 Å². The second-order valence-electron chi connectivity index (χ2n) is 5.08. The van der Waals surface area contributed by atoms with Crippen LogP contribution in [-0.4, -0.2) is 38.9 Å². The predicted octanol–water partition coefficient (Wildman–Crippen LogP) is 2.59. The van der Waals surface area contributed by atoms with Crippen molar-refractivity contribution < 1.29 is 8.42 Å². The van der Waals surface area contributed by atoms with E-state index in [2.05, 4.69) is 5.32 Å². The van der Waals surface area contributed by atoms with Crippen molar-refractivity contribution in [1.29, 1.82) is 0 Å². The zero-order valence-corrected chi connectivity index (χ0v) is 14.0. The number of hydrogen-bond donors (Lipinski definition) is 1. The molecular formula is C13H18Cl2N2O2S. The fraction of sp³-hybridized carbons (Fsp3) is 0.538. The Kier molecular flexibility index (Phi) is 4.66. The van der Waals surface area contributed by atoms with Crippen molar-refractivity contribution >= 4 is 33.2 Å². The first kappa shape index (κ1) is 16.0. The molecule has 0 radical (unpaired) electrons. The minimum atomic E-state index is -3.61. The molecule has 1 saturated heterocycles. The fourth-order valence-corrected chi connectivity index (χ4v) is 5.10. The zero-order chi connectivity index (χ0) is 15.1. The van der Waals surface area contributed by atoms with Gasteiger partial charge in [0.05, 0.1) is 5.02 Å². The van der Waals surface area contributed by atoms with Crippen LogP contribution in [0.25, 0.3) is 0 Å². The molecule has 1 aromatic rings. The average Bonchev–Trinajstić information content (AvgIpc) is 2.86. The van der Waals surface area contributed by atoms with E-state index in [0.29, 0.717) is 29.2 Å². The van der Waals surface area contributed by atoms with Crippen molar-refractivity contribution in [3.63, 3.8) is 0 Å². The molecule has 1 heterocycles. The summed E-state index contributed by atoms with van der Waals surface area (Å²) in [4.78, 5) is 0.140. The van der Waals surface area contributed by atoms with Gasteiger partial charge < -0.3 is 5.32 Å². The van der Waals surface area contributed by atoms with Gasteiger partial charge in [-0.1, -0.05) is 23.2 Å². The summed E-state index contributed by atoms with van der Waals surface area (Å²) in [6, 6.07) is 1.88. The first-order valence-corrected chi connectivity index (χ1v) is 8.61. The molecular weight excluding hydrogens is 319 g/mol. The van der Waals surface area contributed by atoms with Crippen LogP contribution in [0.3, 0.4) is 0 Å². The number of benzene rings is 1. The highest BCUT2D eigenvalue weighted by atomic mass is 35.5. The second-order valence-corrected chi connectivity index (χ2v) is 7.74. The fourth-order valence-electron chi connectivity index (χ4n) is 2.43. The minimum absolute atomic E-state index is 0.140. The summed E-state index contributed by atoms with van der Waals surface area (Å²) in [5.41, 5.74) is 1.18. The normalized spacial score (nSPS) is 20.6. The molecule has 0 aromatic heterocycles. The van der Waals surface area contributed by atoms with Crippen molar-refractivity contribution in [2.45, 2.75) is 31.2 Å². The molecule has 112 valence electrons. The smallest absolute Gasteiger partial charge is 0.244 e. The first-order chi connectivity index (χ1) is 9.28. The Morgan fingerprint density at radius 1 is 1.35 bits per heavy atom. The molecule has 20 heavy (non-hydrogen) atoms. The van der Waals surface area contributed by atoms with E-state index in [0.717, 1.165) is 6.42 Å². The van der Waals surface area contributed by atoms with E-state index in [1.807, 2.05) is 7.05 Å². The topological polar surface area (TPSA) is 49.4 Å². The number of rotatable bonds is 3. The number of halogens is 2. The van der Waals surface area contributed by atoms with Gasteiger partial charge in [-0.05, 0) is 44.5 Å². The average molecular weight is 337 g/mol. The van der Waals surface area contributed by atoms with Crippen LogP contribution in [0.1, 0.15) is 17.5 Å². The van der Waals surface area contributed by atoms with Crippen molar-refractivity contribution in [1.82, 2.24) is 9.62 Å². The van der Waals surface area contributed by atoms with Crippen molar-refractivity contribution in [2.24, 2.45) is 0 Å². The zero-order valence-electron chi connectivity index (χ0n) is 11.7. The van der Waals surface area contributed by atoms with Crippen LogP contribution in [0.4, 0.5) is 0 Å². The molecule has 7 heteroatoms. The lowest BCUT2D eigenvalue weighted by Gasteiger charge is -2.20. The maximum atomic E-state index is 12.8. The molecule has 0 bridgehead atoms. The van der Waals surface area contributed by atoms with Crippen LogP contribution in [0.5, 0.6) is 0 Å². The van der Waals surface area contributed by atoms with Gasteiger partial charge in [-0.15, -0.1) is 0 Å². The van der Waals surface area contributed by atoms with Gasteiger partial charge in [0.15, 0.2) is 0 Å². The number of sulfonamides is 1. The third kappa shape index (κ3) is 2.70. The number of aryl methyl sites for hydroxylation is 1. The minimum Gasteiger partial charge on any atom is -0.316 e. The third-order valence-corrected chi connectivity index (χ3v) is 6.77. The van der Waals surface area contributed by atoms with E-state index < -0.39 is 10.0 Å². The lowest BCUT2D eigenvalue weighted by molar-refractivity contribution is 0.464. The molecule has 4 nitrogen and oxygen atoms in total. The molecule has 1 unspecified atom stereocenters. The summed E-state index contributed by atoms with van der Waals surface area (Å²) >= 11 is 12.3. The summed E-state index contributed by atoms with van der Waals surface area (Å²) in [5, 5.41) is 3.79. The summed E-state index contributed by atoms with van der Waals surface area (Å²) in [6.45, 7) is 4.40. The van der Waals surface area contributed by atoms with E-state index in [9.17, 15) is 8.42 Å². The highest BCUT2D eigenvalue weighted by Crippen LogP contribution is 2.36. The van der Waals surface area contributed by atoms with Gasteiger partial charge in [0.25, 0.3) is 0 Å². The lowest BCUT2D eigenvalue weighted by Crippen LogP contribution is -2.34. The molecule has 0 aliphatic carbocycles. The molecule has 1 N–H and O–H groups in total. The van der Waals surface area contributed by atoms with Gasteiger partial charge >= 0.3 is 0 Å². The van der Waals surface area contributed by atoms with Gasteiger partial charge in [0, 0.05) is 24.2 Å². The molecule has 0 amide bonds. The Morgan fingerprint density at radius 3 is 2.55 bits per heavy atom. The highest BCUT2D eigenvalue weighted by Gasteiger charge is 2.35. The molecule has 1 atom stereocenters. The number of hydrogen-bond acceptors (Lipinski definition) is 3. The molecule has 1 aromatic carbocycles. The van der Waals surface area contributed by atoms with Gasteiger partial charge in [0.2, 0.25) is 10.0 Å². The Bertz CT molecular complexity index is 605. The van der Waals surface area contributed by atoms with Crippen molar-refractivity contribution in [3.05, 3.63) is 27.2 Å². The van der Waals surface area contributed by atoms with E-state index >= 15 is 0 Å². The number of nitrogens with zero attached hydrogens (tertiary/aromatic N) is 1. The molecule has 2 rings (SSSR count). The van der Waals surface area contributed by atoms with Gasteiger partial charge in [0.1, 0.15) is 4.90 Å². The summed E-state index contributed by atoms with van der Waals surface area (Å²) < 4.78 is 27.1. The first-order valence-electron chi connectivity index (χ1n) is 6.41. The summed E-state index contributed by atoms with van der Waals surface area (Å²) in [6.07, 6.45) is 0.798. The Labute approximate surface area is 130 Å². The largest absolute Gasteiger partial charge is 0.316 e. The van der Waals surface area contributed by atoms with E-state index in [4.69, 9.17) is 23.2 Å². The van der Waals surface area contributed by atoms with Gasteiger partial charge in [-0.25, -0.2) is 8.42 Å². The van der Waals surface area contributed by atoms with Crippen LogP contribution in [0, 0.1) is 13.8 Å². The Balaban J connectivity index is 2.51. The third-order valence-electron chi connectivity index (χ3n) is 3.74. The summed E-state index contributed by atoms with van der Waals surface area (Å²) in [7, 11) is -1.78. The standard InChI is InChI=1S/C13H18Cl2N2O2S/c1-8-6-11(14)9(2)13(12(8)15)20(18,19)17-5-4-10(7-17)16-3/h6,10,16H,4-5,7H2,1-3H3. The van der Waals surface area contributed by atoms with Crippen molar-refractivity contribution in [3.8, 4) is 0 Å². The highest BCUT2D eigenvalue weighted by molar-refractivity contribution is 7.89. The van der Waals surface area contributed by atoms with E-state index in [1.165, 1.54) is 4.31 Å². The predicted molar refractivity (Wildman–Crippen MR) is 82.2 cm³/mol. The molecule has 0 saturated carbocycles. The quantitative estimate of drug-likeness (QED) is 0.922. The van der Waals surface area contributed by atoms with Crippen LogP contribution in [0.2, 0.25) is 10.0 Å². The van der Waals surface area contributed by atoms with Crippen LogP contribution < -0.4 is 5.32 Å².